The van der Waals surface area contributed by atoms with Crippen molar-refractivity contribution in [2.45, 2.75) is 19.8 Å². The van der Waals surface area contributed by atoms with Crippen LogP contribution in [0.1, 0.15) is 28.0 Å². The quantitative estimate of drug-likeness (QED) is 0.484. The van der Waals surface area contributed by atoms with E-state index in [1.807, 2.05) is 18.2 Å². The third kappa shape index (κ3) is 3.55. The molecule has 0 bridgehead atoms. The van der Waals surface area contributed by atoms with Crippen LogP contribution in [0.15, 0.2) is 29.6 Å². The lowest BCUT2D eigenvalue weighted by atomic mass is 10.1. The molecule has 106 valence electrons. The van der Waals surface area contributed by atoms with Gasteiger partial charge in [0.15, 0.2) is 0 Å². The van der Waals surface area contributed by atoms with E-state index < -0.39 is 0 Å². The van der Waals surface area contributed by atoms with Crippen LogP contribution >= 0.6 is 11.3 Å². The summed E-state index contributed by atoms with van der Waals surface area (Å²) in [5, 5.41) is 2.55. The van der Waals surface area contributed by atoms with E-state index in [9.17, 15) is 4.79 Å². The number of benzene rings is 1. The van der Waals surface area contributed by atoms with Crippen LogP contribution in [0.4, 0.5) is 0 Å². The summed E-state index contributed by atoms with van der Waals surface area (Å²) >= 11 is 1.43. The van der Waals surface area contributed by atoms with Crippen molar-refractivity contribution in [2.75, 3.05) is 6.61 Å². The molecule has 0 radical (unpaired) electrons. The summed E-state index contributed by atoms with van der Waals surface area (Å²) in [6, 6.07) is 7.99. The number of amides is 1. The number of nitrogens with two attached hydrogens (primary N) is 1. The Morgan fingerprint density at radius 3 is 3.00 bits per heavy atom. The second-order valence-electron chi connectivity index (χ2n) is 4.16. The number of nitrogens with one attached hydrogen (secondary N) is 1. The van der Waals surface area contributed by atoms with E-state index in [1.54, 1.807) is 5.38 Å². The molecule has 1 aromatic heterocycles. The Morgan fingerprint density at radius 1 is 1.45 bits per heavy atom. The van der Waals surface area contributed by atoms with E-state index in [0.717, 1.165) is 17.2 Å². The molecule has 1 amide bonds. The minimum atomic E-state index is -0.371. The smallest absolute Gasteiger partial charge is 0.284 e. The van der Waals surface area contributed by atoms with Crippen LogP contribution in [-0.4, -0.2) is 17.5 Å². The molecule has 0 fully saturated rings. The lowest BCUT2D eigenvalue weighted by Gasteiger charge is -2.09. The van der Waals surface area contributed by atoms with E-state index in [2.05, 4.69) is 23.4 Å². The van der Waals surface area contributed by atoms with Gasteiger partial charge in [0.2, 0.25) is 0 Å². The molecule has 0 unspecified atom stereocenters. The summed E-state index contributed by atoms with van der Waals surface area (Å²) in [4.78, 5) is 15.5. The molecule has 2 aromatic rings. The number of aromatic nitrogens is 1. The average Bonchev–Trinajstić information content (AvgIpc) is 2.96. The molecule has 1 heterocycles. The highest BCUT2D eigenvalue weighted by atomic mass is 32.1. The number of hydrogen-bond acceptors (Lipinski definition) is 5. The number of nitrogen functional groups attached to an aromatic ring is 1. The molecule has 20 heavy (non-hydrogen) atoms. The van der Waals surface area contributed by atoms with Crippen LogP contribution in [-0.2, 0) is 12.8 Å². The topological polar surface area (TPSA) is 77.2 Å². The van der Waals surface area contributed by atoms with Crippen LogP contribution in [0, 0.1) is 0 Å². The van der Waals surface area contributed by atoms with Gasteiger partial charge >= 0.3 is 0 Å². The van der Waals surface area contributed by atoms with Gasteiger partial charge in [0.25, 0.3) is 5.91 Å². The van der Waals surface area contributed by atoms with Gasteiger partial charge < -0.3 is 4.74 Å². The van der Waals surface area contributed by atoms with Crippen molar-refractivity contribution in [3.63, 3.8) is 0 Å². The Kier molecular flexibility index (Phi) is 5.09. The van der Waals surface area contributed by atoms with Crippen LogP contribution in [0.25, 0.3) is 0 Å². The molecule has 1 aromatic carbocycles. The first kappa shape index (κ1) is 14.5. The fourth-order valence-corrected chi connectivity index (χ4v) is 2.55. The van der Waals surface area contributed by atoms with Gasteiger partial charge in [-0.15, -0.1) is 11.3 Å². The fourth-order valence-electron chi connectivity index (χ4n) is 1.79. The molecule has 0 aliphatic heterocycles. The molecule has 0 aliphatic carbocycles. The summed E-state index contributed by atoms with van der Waals surface area (Å²) in [6.45, 7) is 2.63. The van der Waals surface area contributed by atoms with Crippen molar-refractivity contribution < 1.29 is 9.53 Å². The van der Waals surface area contributed by atoms with Crippen LogP contribution < -0.4 is 16.0 Å². The molecule has 6 heteroatoms. The molecule has 0 saturated heterocycles. The maximum absolute atomic E-state index is 11.3. The summed E-state index contributed by atoms with van der Waals surface area (Å²) in [6.07, 6.45) is 1.61. The maximum atomic E-state index is 11.3. The molecular formula is C14H17N3O2S. The molecule has 3 N–H and O–H groups in total. The summed E-state index contributed by atoms with van der Waals surface area (Å²) in [7, 11) is 0. The van der Waals surface area contributed by atoms with E-state index in [1.165, 1.54) is 16.9 Å². The van der Waals surface area contributed by atoms with Gasteiger partial charge in [-0.25, -0.2) is 10.8 Å². The SMILES string of the molecule is CCc1ccccc1OCCc1nc(C(=O)NN)cs1. The van der Waals surface area contributed by atoms with Crippen molar-refractivity contribution in [1.29, 1.82) is 0 Å². The predicted octanol–water partition coefficient (Wildman–Crippen LogP) is 1.93. The van der Waals surface area contributed by atoms with Crippen LogP contribution in [0.3, 0.4) is 0 Å². The Hall–Kier alpha value is -1.92. The number of hydrogen-bond donors (Lipinski definition) is 2. The van der Waals surface area contributed by atoms with Gasteiger partial charge in [-0.05, 0) is 18.1 Å². The van der Waals surface area contributed by atoms with Crippen molar-refractivity contribution in [3.8, 4) is 5.75 Å². The summed E-state index contributed by atoms with van der Waals surface area (Å²) in [5.41, 5.74) is 3.60. The van der Waals surface area contributed by atoms with E-state index >= 15 is 0 Å². The van der Waals surface area contributed by atoms with Gasteiger partial charge in [-0.1, -0.05) is 25.1 Å². The largest absolute Gasteiger partial charge is 0.493 e. The second kappa shape index (κ2) is 7.02. The van der Waals surface area contributed by atoms with Gasteiger partial charge in [0.1, 0.15) is 11.4 Å². The third-order valence-corrected chi connectivity index (χ3v) is 3.75. The molecule has 0 atom stereocenters. The first-order chi connectivity index (χ1) is 9.74. The second-order valence-corrected chi connectivity index (χ2v) is 5.10. The van der Waals surface area contributed by atoms with Gasteiger partial charge in [-0.2, -0.15) is 0 Å². The number of para-hydroxylation sites is 1. The molecular weight excluding hydrogens is 274 g/mol. The predicted molar refractivity (Wildman–Crippen MR) is 78.8 cm³/mol. The monoisotopic (exact) mass is 291 g/mol. The lowest BCUT2D eigenvalue weighted by Crippen LogP contribution is -2.30. The minimum absolute atomic E-state index is 0.349. The van der Waals surface area contributed by atoms with E-state index in [0.29, 0.717) is 18.7 Å². The average molecular weight is 291 g/mol. The Morgan fingerprint density at radius 2 is 2.25 bits per heavy atom. The number of ether oxygens (including phenoxy) is 1. The lowest BCUT2D eigenvalue weighted by molar-refractivity contribution is 0.0949. The van der Waals surface area contributed by atoms with Crippen molar-refractivity contribution in [3.05, 3.63) is 45.9 Å². The minimum Gasteiger partial charge on any atom is -0.493 e. The van der Waals surface area contributed by atoms with E-state index in [-0.39, 0.29) is 5.91 Å². The fraction of sp³-hybridized carbons (Fsp3) is 0.286. The zero-order valence-corrected chi connectivity index (χ0v) is 12.1. The third-order valence-electron chi connectivity index (χ3n) is 2.84. The van der Waals surface area contributed by atoms with Crippen molar-refractivity contribution >= 4 is 17.2 Å². The highest BCUT2D eigenvalue weighted by Crippen LogP contribution is 2.19. The van der Waals surface area contributed by atoms with Crippen molar-refractivity contribution in [1.82, 2.24) is 10.4 Å². The van der Waals surface area contributed by atoms with Gasteiger partial charge in [-0.3, -0.25) is 10.2 Å². The molecule has 2 rings (SSSR count). The Bertz CT molecular complexity index is 583. The molecule has 0 saturated carbocycles. The van der Waals surface area contributed by atoms with Crippen LogP contribution in [0.2, 0.25) is 0 Å². The number of aryl methyl sites for hydroxylation is 1. The standard InChI is InChI=1S/C14H17N3O2S/c1-2-10-5-3-4-6-12(10)19-8-7-13-16-11(9-20-13)14(18)17-15/h3-6,9H,2,7-8,15H2,1H3,(H,17,18). The number of thiazole rings is 1. The first-order valence-corrected chi connectivity index (χ1v) is 7.28. The summed E-state index contributed by atoms with van der Waals surface area (Å²) < 4.78 is 5.77. The summed E-state index contributed by atoms with van der Waals surface area (Å²) in [5.74, 6) is 5.60. The molecule has 0 aliphatic rings. The van der Waals surface area contributed by atoms with Crippen molar-refractivity contribution in [2.24, 2.45) is 5.84 Å². The van der Waals surface area contributed by atoms with Gasteiger partial charge in [0.05, 0.1) is 11.6 Å². The number of rotatable bonds is 6. The van der Waals surface area contributed by atoms with E-state index in [4.69, 9.17) is 10.6 Å². The molecule has 0 spiro atoms. The Balaban J connectivity index is 1.89. The van der Waals surface area contributed by atoms with Gasteiger partial charge in [0, 0.05) is 11.8 Å². The maximum Gasteiger partial charge on any atom is 0.284 e. The number of carbonyl (C=O) groups excluding carboxylic acids is 1. The number of carbonyl (C=O) groups is 1. The highest BCUT2D eigenvalue weighted by Gasteiger charge is 2.09. The molecule has 5 nitrogen and oxygen atoms in total. The number of nitrogens with zero attached hydrogens (tertiary/aromatic N) is 1. The zero-order chi connectivity index (χ0) is 14.4. The normalized spacial score (nSPS) is 10.3. The number of hydrazine groups is 1. The highest BCUT2D eigenvalue weighted by molar-refractivity contribution is 7.09. The van der Waals surface area contributed by atoms with Crippen LogP contribution in [0.5, 0.6) is 5.75 Å². The zero-order valence-electron chi connectivity index (χ0n) is 11.3. The Labute approximate surface area is 121 Å². The first-order valence-electron chi connectivity index (χ1n) is 6.40.